The van der Waals surface area contributed by atoms with Crippen molar-refractivity contribution >= 4 is 11.8 Å². The van der Waals surface area contributed by atoms with Gasteiger partial charge in [0.25, 0.3) is 0 Å². The van der Waals surface area contributed by atoms with Gasteiger partial charge in [0.1, 0.15) is 11.6 Å². The topological polar surface area (TPSA) is 49.9 Å². The van der Waals surface area contributed by atoms with Gasteiger partial charge in [0.15, 0.2) is 0 Å². The summed E-state index contributed by atoms with van der Waals surface area (Å²) in [4.78, 5) is 29.7. The normalized spacial score (nSPS) is 25.6. The van der Waals surface area contributed by atoms with E-state index in [1.807, 2.05) is 4.90 Å². The summed E-state index contributed by atoms with van der Waals surface area (Å²) in [5.41, 5.74) is 0.344. The number of amides is 2. The molecule has 1 saturated carbocycles. The molecule has 6 heteroatoms. The van der Waals surface area contributed by atoms with Gasteiger partial charge in [-0.05, 0) is 62.1 Å². The molecule has 1 spiro atoms. The third-order valence-electron chi connectivity index (χ3n) is 7.19. The van der Waals surface area contributed by atoms with E-state index in [2.05, 4.69) is 6.92 Å². The highest BCUT2D eigenvalue weighted by atomic mass is 19.1. The van der Waals surface area contributed by atoms with E-state index >= 15 is 0 Å². The van der Waals surface area contributed by atoms with Crippen LogP contribution in [0.2, 0.25) is 0 Å². The number of likely N-dealkylation sites (tertiary alicyclic amines) is 2. The van der Waals surface area contributed by atoms with Crippen LogP contribution in [0.5, 0.6) is 5.75 Å². The average molecular weight is 403 g/mol. The molecule has 5 nitrogen and oxygen atoms in total. The van der Waals surface area contributed by atoms with Crippen molar-refractivity contribution in [3.63, 3.8) is 0 Å². The lowest BCUT2D eigenvalue weighted by Gasteiger charge is -2.39. The summed E-state index contributed by atoms with van der Waals surface area (Å²) >= 11 is 0. The molecule has 158 valence electrons. The standard InChI is InChI=1S/C23H31FN2O3/c1-22(9-10-22)8-6-20(27)26-13-11-23(16-26)7-3-12-25(21(23)28)15-17-14-18(29-2)4-5-19(17)24/h4-5,14H,3,6-13,15-16H2,1-2H3/t23-/m1/s1. The second-order valence-electron chi connectivity index (χ2n) is 9.44. The minimum absolute atomic E-state index is 0.0652. The zero-order valence-electron chi connectivity index (χ0n) is 17.5. The van der Waals surface area contributed by atoms with E-state index in [1.165, 1.54) is 18.9 Å². The Morgan fingerprint density at radius 2 is 2.00 bits per heavy atom. The minimum Gasteiger partial charge on any atom is -0.497 e. The minimum atomic E-state index is -0.493. The number of nitrogens with zero attached hydrogens (tertiary/aromatic N) is 2. The van der Waals surface area contributed by atoms with Crippen molar-refractivity contribution in [1.29, 1.82) is 0 Å². The predicted octanol–water partition coefficient (Wildman–Crippen LogP) is 3.76. The predicted molar refractivity (Wildman–Crippen MR) is 108 cm³/mol. The van der Waals surface area contributed by atoms with Crippen molar-refractivity contribution in [2.45, 2.75) is 58.4 Å². The zero-order valence-corrected chi connectivity index (χ0v) is 17.5. The van der Waals surface area contributed by atoms with Gasteiger partial charge >= 0.3 is 0 Å². The fourth-order valence-electron chi connectivity index (χ4n) is 4.80. The molecule has 0 N–H and O–H groups in total. The first-order valence-corrected chi connectivity index (χ1v) is 10.7. The summed E-state index contributed by atoms with van der Waals surface area (Å²) in [6, 6.07) is 4.63. The number of halogens is 1. The number of carbonyl (C=O) groups is 2. The first-order chi connectivity index (χ1) is 13.8. The van der Waals surface area contributed by atoms with Gasteiger partial charge in [-0.3, -0.25) is 9.59 Å². The quantitative estimate of drug-likeness (QED) is 0.728. The van der Waals surface area contributed by atoms with E-state index in [-0.39, 0.29) is 24.2 Å². The number of methoxy groups -OCH3 is 1. The first kappa shape index (κ1) is 20.2. The molecule has 0 unspecified atom stereocenters. The molecule has 2 heterocycles. The van der Waals surface area contributed by atoms with Crippen LogP contribution in [-0.4, -0.2) is 48.4 Å². The van der Waals surface area contributed by atoms with Gasteiger partial charge in [-0.15, -0.1) is 0 Å². The summed E-state index contributed by atoms with van der Waals surface area (Å²) in [6.45, 7) is 4.28. The Bertz CT molecular complexity index is 807. The lowest BCUT2D eigenvalue weighted by atomic mass is 9.78. The van der Waals surface area contributed by atoms with E-state index in [4.69, 9.17) is 4.74 Å². The monoisotopic (exact) mass is 402 g/mol. The molecule has 2 saturated heterocycles. The molecular formula is C23H31FN2O3. The number of hydrogen-bond donors (Lipinski definition) is 0. The van der Waals surface area contributed by atoms with E-state index in [0.29, 0.717) is 49.2 Å². The van der Waals surface area contributed by atoms with Gasteiger partial charge in [-0.2, -0.15) is 0 Å². The highest BCUT2D eigenvalue weighted by molar-refractivity contribution is 5.86. The van der Waals surface area contributed by atoms with Gasteiger partial charge < -0.3 is 14.5 Å². The maximum absolute atomic E-state index is 14.3. The van der Waals surface area contributed by atoms with Crippen molar-refractivity contribution in [3.8, 4) is 5.75 Å². The summed E-state index contributed by atoms with van der Waals surface area (Å²) in [7, 11) is 1.55. The first-order valence-electron chi connectivity index (χ1n) is 10.7. The van der Waals surface area contributed by atoms with Crippen LogP contribution < -0.4 is 4.74 Å². The Morgan fingerprint density at radius 1 is 1.21 bits per heavy atom. The summed E-state index contributed by atoms with van der Waals surface area (Å²) < 4.78 is 19.5. The second-order valence-corrected chi connectivity index (χ2v) is 9.44. The maximum Gasteiger partial charge on any atom is 0.230 e. The highest BCUT2D eigenvalue weighted by Gasteiger charge is 2.49. The van der Waals surface area contributed by atoms with Gasteiger partial charge in [0, 0.05) is 38.2 Å². The van der Waals surface area contributed by atoms with Crippen LogP contribution in [0.4, 0.5) is 4.39 Å². The molecule has 0 bridgehead atoms. The highest BCUT2D eigenvalue weighted by Crippen LogP contribution is 2.49. The van der Waals surface area contributed by atoms with Crippen molar-refractivity contribution in [1.82, 2.24) is 9.80 Å². The smallest absolute Gasteiger partial charge is 0.230 e. The Balaban J connectivity index is 1.41. The molecule has 3 aliphatic rings. The zero-order chi connectivity index (χ0) is 20.6. The van der Waals surface area contributed by atoms with Gasteiger partial charge in [0.05, 0.1) is 12.5 Å². The van der Waals surface area contributed by atoms with Crippen molar-refractivity contribution in [3.05, 3.63) is 29.6 Å². The molecule has 4 rings (SSSR count). The molecule has 2 amide bonds. The summed E-state index contributed by atoms with van der Waals surface area (Å²) in [6.07, 6.45) is 6.38. The van der Waals surface area contributed by atoms with E-state index < -0.39 is 5.41 Å². The number of ether oxygens (including phenoxy) is 1. The summed E-state index contributed by atoms with van der Waals surface area (Å²) in [5, 5.41) is 0. The number of benzene rings is 1. The number of rotatable bonds is 6. The van der Waals surface area contributed by atoms with Gasteiger partial charge in [-0.25, -0.2) is 4.39 Å². The van der Waals surface area contributed by atoms with Crippen molar-refractivity contribution in [2.75, 3.05) is 26.7 Å². The molecule has 1 atom stereocenters. The average Bonchev–Trinajstić information content (AvgIpc) is 3.30. The molecule has 29 heavy (non-hydrogen) atoms. The second kappa shape index (κ2) is 7.62. The largest absolute Gasteiger partial charge is 0.497 e. The Kier molecular flexibility index (Phi) is 5.30. The molecule has 0 aromatic heterocycles. The third-order valence-corrected chi connectivity index (χ3v) is 7.19. The molecule has 1 aromatic rings. The number of carbonyl (C=O) groups excluding carboxylic acids is 2. The fraction of sp³-hybridized carbons (Fsp3) is 0.652. The molecule has 1 aliphatic carbocycles. The molecule has 3 fully saturated rings. The molecule has 0 radical (unpaired) electrons. The van der Waals surface area contributed by atoms with Crippen LogP contribution in [0, 0.1) is 16.6 Å². The summed E-state index contributed by atoms with van der Waals surface area (Å²) in [5.74, 6) is 0.506. The number of hydrogen-bond acceptors (Lipinski definition) is 3. The van der Waals surface area contributed by atoms with E-state index in [1.54, 1.807) is 24.1 Å². The van der Waals surface area contributed by atoms with Gasteiger partial charge in [0.2, 0.25) is 11.8 Å². The van der Waals surface area contributed by atoms with Gasteiger partial charge in [-0.1, -0.05) is 6.92 Å². The lowest BCUT2D eigenvalue weighted by molar-refractivity contribution is -0.146. The maximum atomic E-state index is 14.3. The van der Waals surface area contributed by atoms with Crippen LogP contribution in [0.15, 0.2) is 18.2 Å². The molecular weight excluding hydrogens is 371 g/mol. The van der Waals surface area contributed by atoms with E-state index in [9.17, 15) is 14.0 Å². The van der Waals surface area contributed by atoms with Crippen LogP contribution in [0.25, 0.3) is 0 Å². The van der Waals surface area contributed by atoms with Crippen LogP contribution in [-0.2, 0) is 16.1 Å². The Morgan fingerprint density at radius 3 is 2.72 bits per heavy atom. The van der Waals surface area contributed by atoms with Crippen LogP contribution in [0.3, 0.4) is 0 Å². The van der Waals surface area contributed by atoms with Crippen molar-refractivity contribution in [2.24, 2.45) is 10.8 Å². The Hall–Kier alpha value is -2.11. The SMILES string of the molecule is COc1ccc(F)c(CN2CCC[C@]3(CCN(C(=O)CCC4(C)CC4)C3)C2=O)c1. The fourth-order valence-corrected chi connectivity index (χ4v) is 4.80. The van der Waals surface area contributed by atoms with Crippen LogP contribution >= 0.6 is 0 Å². The van der Waals surface area contributed by atoms with Crippen LogP contribution in [0.1, 0.15) is 57.4 Å². The molecule has 1 aromatic carbocycles. The van der Waals surface area contributed by atoms with E-state index in [0.717, 1.165) is 19.3 Å². The Labute approximate surface area is 172 Å². The number of piperidine rings is 1. The lowest BCUT2D eigenvalue weighted by Crippen LogP contribution is -2.50. The third kappa shape index (κ3) is 4.12. The molecule has 2 aliphatic heterocycles. The van der Waals surface area contributed by atoms with Crippen molar-refractivity contribution < 1.29 is 18.7 Å².